The second-order valence-electron chi connectivity index (χ2n) is 3.16. The summed E-state index contributed by atoms with van der Waals surface area (Å²) in [5.41, 5.74) is 5.07. The van der Waals surface area contributed by atoms with E-state index in [0.29, 0.717) is 17.5 Å². The predicted molar refractivity (Wildman–Crippen MR) is 58.9 cm³/mol. The molecule has 0 saturated heterocycles. The number of rotatable bonds is 6. The van der Waals surface area contributed by atoms with Gasteiger partial charge in [-0.25, -0.2) is 9.89 Å². The van der Waals surface area contributed by atoms with Gasteiger partial charge in [-0.15, -0.1) is 5.10 Å². The molecule has 0 fully saturated rings. The van der Waals surface area contributed by atoms with E-state index in [0.717, 1.165) is 6.42 Å². The molecular weight excluding hydrogens is 216 g/mol. The zero-order chi connectivity index (χ0) is 11.3. The fourth-order valence-corrected chi connectivity index (χ4v) is 1.99. The highest BCUT2D eigenvalue weighted by Crippen LogP contribution is 2.14. The van der Waals surface area contributed by atoms with Gasteiger partial charge in [0.15, 0.2) is 5.16 Å². The molecule has 15 heavy (non-hydrogen) atoms. The van der Waals surface area contributed by atoms with E-state index >= 15 is 0 Å². The van der Waals surface area contributed by atoms with E-state index in [1.165, 1.54) is 11.8 Å². The van der Waals surface area contributed by atoms with Gasteiger partial charge in [0.2, 0.25) is 0 Å². The standard InChI is InChI=1S/C8H16N4O2S/c1-2-3-12-7(14)10-11-8(12)15-5-6(13)4-9/h6,13H,2-5,9H2,1H3,(H,10,14). The molecule has 0 radical (unpaired) electrons. The summed E-state index contributed by atoms with van der Waals surface area (Å²) in [4.78, 5) is 11.3. The highest BCUT2D eigenvalue weighted by atomic mass is 32.2. The molecule has 4 N–H and O–H groups in total. The van der Waals surface area contributed by atoms with E-state index in [2.05, 4.69) is 10.2 Å². The van der Waals surface area contributed by atoms with Crippen LogP contribution in [0.1, 0.15) is 13.3 Å². The average molecular weight is 232 g/mol. The second-order valence-corrected chi connectivity index (χ2v) is 4.15. The number of hydrogen-bond acceptors (Lipinski definition) is 5. The Labute approximate surface area is 91.9 Å². The molecule has 0 aliphatic heterocycles. The summed E-state index contributed by atoms with van der Waals surface area (Å²) in [7, 11) is 0. The Bertz CT molecular complexity index is 349. The summed E-state index contributed by atoms with van der Waals surface area (Å²) < 4.78 is 1.56. The zero-order valence-corrected chi connectivity index (χ0v) is 9.46. The summed E-state index contributed by atoms with van der Waals surface area (Å²) in [5, 5.41) is 16.1. The Morgan fingerprint density at radius 1 is 1.73 bits per heavy atom. The monoisotopic (exact) mass is 232 g/mol. The van der Waals surface area contributed by atoms with Crippen LogP contribution in [0.15, 0.2) is 9.95 Å². The second kappa shape index (κ2) is 5.94. The van der Waals surface area contributed by atoms with Crippen molar-refractivity contribution in [2.24, 2.45) is 5.73 Å². The Balaban J connectivity index is 2.64. The van der Waals surface area contributed by atoms with Crippen LogP contribution in [0.2, 0.25) is 0 Å². The molecule has 0 aliphatic rings. The van der Waals surface area contributed by atoms with Crippen LogP contribution in [-0.2, 0) is 6.54 Å². The summed E-state index contributed by atoms with van der Waals surface area (Å²) in [6.07, 6.45) is 0.309. The molecule has 6 nitrogen and oxygen atoms in total. The lowest BCUT2D eigenvalue weighted by atomic mass is 10.4. The van der Waals surface area contributed by atoms with Gasteiger partial charge in [-0.05, 0) is 6.42 Å². The van der Waals surface area contributed by atoms with Crippen molar-refractivity contribution in [3.8, 4) is 0 Å². The zero-order valence-electron chi connectivity index (χ0n) is 8.64. The van der Waals surface area contributed by atoms with Crippen LogP contribution in [-0.4, -0.2) is 38.3 Å². The first-order valence-electron chi connectivity index (χ1n) is 4.85. The minimum absolute atomic E-state index is 0.207. The molecule has 0 amide bonds. The molecule has 1 atom stereocenters. The number of hydrogen-bond donors (Lipinski definition) is 3. The number of aliphatic hydroxyl groups excluding tert-OH is 1. The highest BCUT2D eigenvalue weighted by Gasteiger charge is 2.10. The number of H-pyrrole nitrogens is 1. The van der Waals surface area contributed by atoms with E-state index in [-0.39, 0.29) is 12.2 Å². The van der Waals surface area contributed by atoms with E-state index in [9.17, 15) is 9.90 Å². The first-order chi connectivity index (χ1) is 7.19. The first kappa shape index (κ1) is 12.3. The van der Waals surface area contributed by atoms with E-state index in [4.69, 9.17) is 5.73 Å². The van der Waals surface area contributed by atoms with Gasteiger partial charge in [-0.1, -0.05) is 18.7 Å². The fraction of sp³-hybridized carbons (Fsp3) is 0.750. The minimum atomic E-state index is -0.558. The molecule has 0 saturated carbocycles. The van der Waals surface area contributed by atoms with Crippen molar-refractivity contribution in [2.45, 2.75) is 31.1 Å². The topological polar surface area (TPSA) is 96.9 Å². The smallest absolute Gasteiger partial charge is 0.343 e. The first-order valence-corrected chi connectivity index (χ1v) is 5.83. The van der Waals surface area contributed by atoms with Gasteiger partial charge in [-0.3, -0.25) is 4.57 Å². The van der Waals surface area contributed by atoms with E-state index < -0.39 is 6.10 Å². The minimum Gasteiger partial charge on any atom is -0.391 e. The number of aromatic nitrogens is 3. The van der Waals surface area contributed by atoms with E-state index in [1.54, 1.807) is 4.57 Å². The molecule has 0 aliphatic carbocycles. The fourth-order valence-electron chi connectivity index (χ4n) is 1.07. The average Bonchev–Trinajstić information content (AvgIpc) is 2.58. The molecular formula is C8H16N4O2S. The molecule has 1 heterocycles. The normalized spacial score (nSPS) is 13.0. The molecule has 7 heteroatoms. The van der Waals surface area contributed by atoms with Crippen LogP contribution in [0.3, 0.4) is 0 Å². The lowest BCUT2D eigenvalue weighted by molar-refractivity contribution is 0.208. The van der Waals surface area contributed by atoms with Gasteiger partial charge in [-0.2, -0.15) is 0 Å². The number of aliphatic hydroxyl groups is 1. The van der Waals surface area contributed by atoms with Crippen LogP contribution in [0.4, 0.5) is 0 Å². The maximum atomic E-state index is 11.3. The van der Waals surface area contributed by atoms with Crippen LogP contribution in [0.5, 0.6) is 0 Å². The van der Waals surface area contributed by atoms with Crippen molar-refractivity contribution < 1.29 is 5.11 Å². The number of nitrogens with two attached hydrogens (primary N) is 1. The Hall–Kier alpha value is -0.790. The number of thioether (sulfide) groups is 1. The van der Waals surface area contributed by atoms with Gasteiger partial charge in [0.05, 0.1) is 6.10 Å². The van der Waals surface area contributed by atoms with E-state index in [1.807, 2.05) is 6.92 Å². The summed E-state index contributed by atoms with van der Waals surface area (Å²) >= 11 is 1.33. The molecule has 0 bridgehead atoms. The molecule has 0 aromatic carbocycles. The number of nitrogens with zero attached hydrogens (tertiary/aromatic N) is 2. The van der Waals surface area contributed by atoms with Gasteiger partial charge < -0.3 is 10.8 Å². The highest BCUT2D eigenvalue weighted by molar-refractivity contribution is 7.99. The molecule has 86 valence electrons. The van der Waals surface area contributed by atoms with Crippen molar-refractivity contribution in [3.05, 3.63) is 10.5 Å². The van der Waals surface area contributed by atoms with Crippen LogP contribution in [0.25, 0.3) is 0 Å². The van der Waals surface area contributed by atoms with Gasteiger partial charge >= 0.3 is 5.69 Å². The quantitative estimate of drug-likeness (QED) is 0.569. The Morgan fingerprint density at radius 3 is 3.07 bits per heavy atom. The van der Waals surface area contributed by atoms with Gasteiger partial charge in [0.1, 0.15) is 0 Å². The van der Waals surface area contributed by atoms with Crippen molar-refractivity contribution in [1.29, 1.82) is 0 Å². The maximum absolute atomic E-state index is 11.3. The molecule has 1 unspecified atom stereocenters. The maximum Gasteiger partial charge on any atom is 0.343 e. The van der Waals surface area contributed by atoms with Crippen molar-refractivity contribution in [3.63, 3.8) is 0 Å². The molecule has 1 aromatic heterocycles. The van der Waals surface area contributed by atoms with Crippen molar-refractivity contribution in [1.82, 2.24) is 14.8 Å². The van der Waals surface area contributed by atoms with Gasteiger partial charge in [0, 0.05) is 18.8 Å². The molecule has 0 spiro atoms. The molecule has 1 aromatic rings. The summed E-state index contributed by atoms with van der Waals surface area (Å²) in [6, 6.07) is 0. The summed E-state index contributed by atoms with van der Waals surface area (Å²) in [6.45, 7) is 2.84. The van der Waals surface area contributed by atoms with Crippen LogP contribution in [0, 0.1) is 0 Å². The largest absolute Gasteiger partial charge is 0.391 e. The third-order valence-corrected chi connectivity index (χ3v) is 2.97. The third-order valence-electron chi connectivity index (χ3n) is 1.85. The van der Waals surface area contributed by atoms with Crippen molar-refractivity contribution >= 4 is 11.8 Å². The predicted octanol–water partition coefficient (Wildman–Crippen LogP) is -0.607. The van der Waals surface area contributed by atoms with Crippen LogP contribution >= 0.6 is 11.8 Å². The Morgan fingerprint density at radius 2 is 2.47 bits per heavy atom. The number of aromatic amines is 1. The lowest BCUT2D eigenvalue weighted by Gasteiger charge is -2.06. The van der Waals surface area contributed by atoms with Gasteiger partial charge in [0.25, 0.3) is 0 Å². The third kappa shape index (κ3) is 3.37. The number of nitrogens with one attached hydrogen (secondary N) is 1. The van der Waals surface area contributed by atoms with Crippen LogP contribution < -0.4 is 11.4 Å². The SMILES string of the molecule is CCCn1c(SCC(O)CN)n[nH]c1=O. The molecule has 1 rings (SSSR count). The Kier molecular flexibility index (Phi) is 4.86. The van der Waals surface area contributed by atoms with Crippen molar-refractivity contribution in [2.75, 3.05) is 12.3 Å². The summed E-state index contributed by atoms with van der Waals surface area (Å²) in [5.74, 6) is 0.449. The lowest BCUT2D eigenvalue weighted by Crippen LogP contribution is -2.22.